The van der Waals surface area contributed by atoms with Gasteiger partial charge in [-0.25, -0.2) is 26.5 Å². The standard InChI is InChI=1S/C22H31F2N5O4S/c1-13(2)34(32,33)28-9-6-15(7-10-28)26-21-25-12-14-11-16(18(23)24)20(30)29(19(14)27-21)17-5-4-8-22(17,3)31/h11-13,15,17-18,31H,4-10H2,1-3H3,(H,25,26,27)/t17-,22-/m1/s1. The minimum Gasteiger partial charge on any atom is -0.388 e. The third-order valence-corrected chi connectivity index (χ3v) is 9.25. The first-order chi connectivity index (χ1) is 15.9. The van der Waals surface area contributed by atoms with Gasteiger partial charge in [0.1, 0.15) is 5.65 Å². The summed E-state index contributed by atoms with van der Waals surface area (Å²) in [5.74, 6) is 0.230. The SMILES string of the molecule is CC(C)S(=O)(=O)N1CCC(Nc2ncc3cc(C(F)F)c(=O)n([C@@H]4CCC[C@@]4(C)O)c3n2)CC1. The lowest BCUT2D eigenvalue weighted by molar-refractivity contribution is 0.0261. The van der Waals surface area contributed by atoms with Gasteiger partial charge in [-0.05, 0) is 58.9 Å². The Labute approximate surface area is 197 Å². The lowest BCUT2D eigenvalue weighted by Crippen LogP contribution is -2.45. The molecule has 2 aromatic rings. The number of fused-ring (bicyclic) bond motifs is 1. The summed E-state index contributed by atoms with van der Waals surface area (Å²) in [6.07, 6.45) is 1.15. The Morgan fingerprint density at radius 1 is 1.24 bits per heavy atom. The number of halogens is 2. The minimum absolute atomic E-state index is 0.0776. The number of anilines is 1. The fourth-order valence-electron chi connectivity index (χ4n) is 4.93. The Balaban J connectivity index is 1.65. The number of rotatable bonds is 6. The number of piperidine rings is 1. The Morgan fingerprint density at radius 2 is 1.91 bits per heavy atom. The third-order valence-electron chi connectivity index (χ3n) is 6.97. The van der Waals surface area contributed by atoms with Crippen LogP contribution in [0.1, 0.15) is 70.9 Å². The number of aromatic nitrogens is 3. The monoisotopic (exact) mass is 499 g/mol. The van der Waals surface area contributed by atoms with Crippen LogP contribution in [-0.2, 0) is 10.0 Å². The Hall–Kier alpha value is -2.18. The molecular weight excluding hydrogens is 468 g/mol. The predicted octanol–water partition coefficient (Wildman–Crippen LogP) is 2.82. The second kappa shape index (κ2) is 9.12. The van der Waals surface area contributed by atoms with Crippen molar-refractivity contribution in [3.63, 3.8) is 0 Å². The van der Waals surface area contributed by atoms with Crippen molar-refractivity contribution >= 4 is 27.0 Å². The molecule has 2 aliphatic rings. The van der Waals surface area contributed by atoms with Crippen molar-refractivity contribution in [2.45, 2.75) is 82.2 Å². The van der Waals surface area contributed by atoms with Gasteiger partial charge in [0, 0.05) is 30.7 Å². The van der Waals surface area contributed by atoms with Crippen molar-refractivity contribution in [3.05, 3.63) is 28.2 Å². The first kappa shape index (κ1) is 24.9. The summed E-state index contributed by atoms with van der Waals surface area (Å²) >= 11 is 0. The van der Waals surface area contributed by atoms with Crippen molar-refractivity contribution < 1.29 is 22.3 Å². The van der Waals surface area contributed by atoms with E-state index in [2.05, 4.69) is 15.3 Å². The fourth-order valence-corrected chi connectivity index (χ4v) is 6.25. The highest BCUT2D eigenvalue weighted by Gasteiger charge is 2.40. The van der Waals surface area contributed by atoms with Gasteiger partial charge in [-0.3, -0.25) is 9.36 Å². The van der Waals surface area contributed by atoms with Crippen LogP contribution in [0.25, 0.3) is 11.0 Å². The van der Waals surface area contributed by atoms with E-state index in [0.29, 0.717) is 50.6 Å². The van der Waals surface area contributed by atoms with Gasteiger partial charge in [-0.1, -0.05) is 0 Å². The highest BCUT2D eigenvalue weighted by Crippen LogP contribution is 2.39. The molecule has 2 atom stereocenters. The number of nitrogens with zero attached hydrogens (tertiary/aromatic N) is 4. The molecule has 2 N–H and O–H groups in total. The van der Waals surface area contributed by atoms with E-state index in [1.807, 2.05) is 0 Å². The highest BCUT2D eigenvalue weighted by molar-refractivity contribution is 7.89. The van der Waals surface area contributed by atoms with E-state index in [-0.39, 0.29) is 17.6 Å². The molecule has 12 heteroatoms. The van der Waals surface area contributed by atoms with Crippen LogP contribution < -0.4 is 10.9 Å². The van der Waals surface area contributed by atoms with Gasteiger partial charge in [0.15, 0.2) is 0 Å². The predicted molar refractivity (Wildman–Crippen MR) is 125 cm³/mol. The zero-order chi connectivity index (χ0) is 24.8. The lowest BCUT2D eigenvalue weighted by Gasteiger charge is -2.32. The summed E-state index contributed by atoms with van der Waals surface area (Å²) < 4.78 is 54.7. The molecule has 1 saturated carbocycles. The summed E-state index contributed by atoms with van der Waals surface area (Å²) in [5, 5.41) is 13.8. The summed E-state index contributed by atoms with van der Waals surface area (Å²) in [6.45, 7) is 5.67. The maximum absolute atomic E-state index is 13.6. The quantitative estimate of drug-likeness (QED) is 0.628. The molecule has 2 fully saturated rings. The van der Waals surface area contributed by atoms with Crippen LogP contribution in [-0.4, -0.2) is 62.3 Å². The van der Waals surface area contributed by atoms with Gasteiger partial charge in [0.05, 0.1) is 22.5 Å². The maximum atomic E-state index is 13.6. The molecule has 188 valence electrons. The van der Waals surface area contributed by atoms with Crippen LogP contribution >= 0.6 is 0 Å². The van der Waals surface area contributed by atoms with Gasteiger partial charge < -0.3 is 10.4 Å². The van der Waals surface area contributed by atoms with Gasteiger partial charge in [0.25, 0.3) is 12.0 Å². The molecule has 0 radical (unpaired) electrons. The van der Waals surface area contributed by atoms with E-state index in [9.17, 15) is 27.1 Å². The minimum atomic E-state index is -3.32. The van der Waals surface area contributed by atoms with Crippen LogP contribution in [0.4, 0.5) is 14.7 Å². The summed E-state index contributed by atoms with van der Waals surface area (Å²) in [7, 11) is -3.32. The van der Waals surface area contributed by atoms with E-state index < -0.39 is 44.5 Å². The van der Waals surface area contributed by atoms with Gasteiger partial charge in [-0.15, -0.1) is 0 Å². The van der Waals surface area contributed by atoms with Gasteiger partial charge >= 0.3 is 0 Å². The number of hydrogen-bond donors (Lipinski definition) is 2. The fraction of sp³-hybridized carbons (Fsp3) is 0.682. The van der Waals surface area contributed by atoms with Crippen LogP contribution in [0.15, 0.2) is 17.1 Å². The normalized spacial score (nSPS) is 25.0. The number of sulfonamides is 1. The smallest absolute Gasteiger partial charge is 0.269 e. The van der Waals surface area contributed by atoms with Crippen molar-refractivity contribution in [2.75, 3.05) is 18.4 Å². The zero-order valence-electron chi connectivity index (χ0n) is 19.5. The van der Waals surface area contributed by atoms with Crippen LogP contribution in [0, 0.1) is 0 Å². The first-order valence-corrected chi connectivity index (χ1v) is 13.1. The maximum Gasteiger partial charge on any atom is 0.269 e. The molecule has 1 saturated heterocycles. The van der Waals surface area contributed by atoms with Crippen molar-refractivity contribution in [1.29, 1.82) is 0 Å². The Morgan fingerprint density at radius 3 is 2.47 bits per heavy atom. The third kappa shape index (κ3) is 4.55. The van der Waals surface area contributed by atoms with Crippen LogP contribution in [0.2, 0.25) is 0 Å². The summed E-state index contributed by atoms with van der Waals surface area (Å²) in [5.41, 5.74) is -2.52. The topological polar surface area (TPSA) is 117 Å². The molecular formula is C22H31F2N5O4S. The molecule has 0 amide bonds. The van der Waals surface area contributed by atoms with E-state index in [1.54, 1.807) is 20.8 Å². The van der Waals surface area contributed by atoms with Crippen LogP contribution in [0.3, 0.4) is 0 Å². The average molecular weight is 500 g/mol. The molecule has 2 aromatic heterocycles. The number of pyridine rings is 1. The number of nitrogens with one attached hydrogen (secondary N) is 1. The molecule has 0 aromatic carbocycles. The van der Waals surface area contributed by atoms with Crippen molar-refractivity contribution in [1.82, 2.24) is 18.8 Å². The molecule has 0 spiro atoms. The number of aliphatic hydroxyl groups is 1. The molecule has 1 aliphatic carbocycles. The molecule has 34 heavy (non-hydrogen) atoms. The largest absolute Gasteiger partial charge is 0.388 e. The molecule has 3 heterocycles. The molecule has 0 bridgehead atoms. The lowest BCUT2D eigenvalue weighted by atomic mass is 9.99. The van der Waals surface area contributed by atoms with Gasteiger partial charge in [-0.2, -0.15) is 4.98 Å². The molecule has 1 aliphatic heterocycles. The van der Waals surface area contributed by atoms with Gasteiger partial charge in [0.2, 0.25) is 16.0 Å². The second-order valence-corrected chi connectivity index (χ2v) is 12.2. The summed E-state index contributed by atoms with van der Waals surface area (Å²) in [4.78, 5) is 21.8. The zero-order valence-corrected chi connectivity index (χ0v) is 20.4. The van der Waals surface area contributed by atoms with Crippen molar-refractivity contribution in [3.8, 4) is 0 Å². The Kier molecular flexibility index (Phi) is 6.69. The van der Waals surface area contributed by atoms with Crippen LogP contribution in [0.5, 0.6) is 0 Å². The Bertz CT molecular complexity index is 1220. The summed E-state index contributed by atoms with van der Waals surface area (Å²) in [6, 6.07) is 0.362. The molecule has 4 rings (SSSR count). The molecule has 9 nitrogen and oxygen atoms in total. The van der Waals surface area contributed by atoms with E-state index in [4.69, 9.17) is 0 Å². The highest BCUT2D eigenvalue weighted by atomic mass is 32.2. The second-order valence-electron chi connectivity index (χ2n) is 9.72. The molecule has 0 unspecified atom stereocenters. The number of alkyl halides is 2. The van der Waals surface area contributed by atoms with E-state index in [1.165, 1.54) is 15.1 Å². The average Bonchev–Trinajstić information content (AvgIpc) is 3.12. The van der Waals surface area contributed by atoms with Crippen molar-refractivity contribution in [2.24, 2.45) is 0 Å². The number of hydrogen-bond acceptors (Lipinski definition) is 7. The first-order valence-electron chi connectivity index (χ1n) is 11.6. The van der Waals surface area contributed by atoms with E-state index >= 15 is 0 Å². The van der Waals surface area contributed by atoms with E-state index in [0.717, 1.165) is 6.07 Å².